The van der Waals surface area contributed by atoms with Gasteiger partial charge in [0.2, 0.25) is 27.7 Å². The van der Waals surface area contributed by atoms with Crippen LogP contribution in [0, 0.1) is 29.6 Å². The van der Waals surface area contributed by atoms with Crippen molar-refractivity contribution in [3.63, 3.8) is 0 Å². The number of sulfonamides is 1. The number of carbonyl (C=O) groups is 4. The molecule has 1 saturated heterocycles. The molecule has 3 N–H and O–H groups in total. The first-order valence-electron chi connectivity index (χ1n) is 20.6. The van der Waals surface area contributed by atoms with Crippen LogP contribution in [0.2, 0.25) is 0 Å². The van der Waals surface area contributed by atoms with Gasteiger partial charge in [0, 0.05) is 18.9 Å². The first kappa shape index (κ1) is 39.4. The molecule has 0 spiro atoms. The minimum Gasteiger partial charge on any atom is -0.471 e. The molecule has 16 heteroatoms. The zero-order valence-electron chi connectivity index (χ0n) is 33.1. The second-order valence-electron chi connectivity index (χ2n) is 17.8. The molecule has 0 radical (unpaired) electrons. The van der Waals surface area contributed by atoms with Crippen molar-refractivity contribution < 1.29 is 37.1 Å². The number of rotatable bonds is 8. The molecule has 5 fully saturated rings. The number of aromatic nitrogens is 2. The largest absolute Gasteiger partial charge is 0.471 e. The van der Waals surface area contributed by atoms with Crippen molar-refractivity contribution in [2.24, 2.45) is 29.6 Å². The van der Waals surface area contributed by atoms with Crippen LogP contribution in [-0.2, 0) is 35.7 Å². The SMILES string of the molecule is CCn1nc(OC2CC3C(=O)NC4(C(=O)NS(=O)(=O)C5(C)CC5)CC4C=CCCC(C)CC(C)C(NC(=O)OC4CC5CC5C4)C(=O)N3C2)c2ccccc2c1=O. The molecule has 4 amide bonds. The zero-order valence-corrected chi connectivity index (χ0v) is 33.9. The topological polar surface area (TPSA) is 195 Å². The number of hydrogen-bond donors (Lipinski definition) is 3. The highest BCUT2D eigenvalue weighted by Gasteiger charge is 2.63. The van der Waals surface area contributed by atoms with E-state index in [1.807, 2.05) is 19.1 Å². The van der Waals surface area contributed by atoms with Crippen molar-refractivity contribution in [1.82, 2.24) is 30.0 Å². The van der Waals surface area contributed by atoms with E-state index in [4.69, 9.17) is 9.47 Å². The van der Waals surface area contributed by atoms with Crippen LogP contribution in [0.1, 0.15) is 91.9 Å². The quantitative estimate of drug-likeness (QED) is 0.332. The van der Waals surface area contributed by atoms with E-state index in [0.717, 1.165) is 25.7 Å². The van der Waals surface area contributed by atoms with Gasteiger partial charge < -0.3 is 25.0 Å². The van der Waals surface area contributed by atoms with E-state index in [2.05, 4.69) is 27.4 Å². The van der Waals surface area contributed by atoms with Gasteiger partial charge in [0.1, 0.15) is 29.8 Å². The number of alkyl carbamates (subject to hydrolysis) is 1. The van der Waals surface area contributed by atoms with Crippen LogP contribution in [0.4, 0.5) is 4.79 Å². The monoisotopic (exact) mass is 806 g/mol. The van der Waals surface area contributed by atoms with Gasteiger partial charge in [-0.05, 0) is 107 Å². The molecule has 308 valence electrons. The first-order chi connectivity index (χ1) is 27.1. The van der Waals surface area contributed by atoms with Crippen molar-refractivity contribution in [3.8, 4) is 5.88 Å². The number of nitrogens with one attached hydrogen (secondary N) is 3. The van der Waals surface area contributed by atoms with Gasteiger partial charge in [-0.2, -0.15) is 0 Å². The minimum absolute atomic E-state index is 0.000206. The molecule has 15 nitrogen and oxygen atoms in total. The summed E-state index contributed by atoms with van der Waals surface area (Å²) in [7, 11) is -4.01. The normalized spacial score (nSPS) is 34.5. The molecule has 8 rings (SSSR count). The molecule has 3 heterocycles. The number of aryl methyl sites for hydroxylation is 1. The second kappa shape index (κ2) is 14.7. The summed E-state index contributed by atoms with van der Waals surface area (Å²) in [6.45, 7) is 7.61. The average Bonchev–Trinajstić information content (AvgIpc) is 4.13. The number of ether oxygens (including phenoxy) is 2. The van der Waals surface area contributed by atoms with Gasteiger partial charge in [-0.3, -0.25) is 23.9 Å². The van der Waals surface area contributed by atoms with E-state index in [1.54, 1.807) is 38.1 Å². The number of allylic oxidation sites excluding steroid dienone is 1. The summed E-state index contributed by atoms with van der Waals surface area (Å²) in [6.07, 6.45) is 8.07. The zero-order chi connectivity index (χ0) is 40.4. The summed E-state index contributed by atoms with van der Waals surface area (Å²) in [4.78, 5) is 71.4. The number of carbonyl (C=O) groups excluding carboxylic acids is 4. The molecular formula is C41H54N6O9S. The lowest BCUT2D eigenvalue weighted by Gasteiger charge is -2.33. The van der Waals surface area contributed by atoms with Gasteiger partial charge in [-0.15, -0.1) is 5.10 Å². The standard InChI is InChI=1S/C41H54N6O9S/c1-5-47-36(49)31-13-9-8-12-30(31)35(44-47)55-29-20-32-34(48)43-41(38(51)45-57(53,54)40(4)14-15-40)21-27(41)11-7-6-10-23(2)16-24(3)33(37(50)46(32)22-29)42-39(52)56-28-18-25-17-26(25)19-28/h7-9,11-13,23-29,32-33H,5-6,10,14-22H2,1-4H3,(H,42,52)(H,43,48)(H,45,51). The molecule has 0 bridgehead atoms. The van der Waals surface area contributed by atoms with Gasteiger partial charge in [0.25, 0.3) is 11.5 Å². The Hall–Kier alpha value is -4.47. The Labute approximate surface area is 332 Å². The van der Waals surface area contributed by atoms with Gasteiger partial charge in [-0.1, -0.05) is 38.1 Å². The first-order valence-corrected chi connectivity index (χ1v) is 22.1. The lowest BCUT2D eigenvalue weighted by atomic mass is 9.88. The van der Waals surface area contributed by atoms with Gasteiger partial charge >= 0.3 is 6.09 Å². The van der Waals surface area contributed by atoms with E-state index in [1.165, 1.54) is 9.58 Å². The molecule has 2 aliphatic heterocycles. The number of fused-ring (bicyclic) bond motifs is 4. The average molecular weight is 807 g/mol. The number of hydrogen-bond acceptors (Lipinski definition) is 10. The third-order valence-corrected chi connectivity index (χ3v) is 15.6. The van der Waals surface area contributed by atoms with Gasteiger partial charge in [0.15, 0.2) is 0 Å². The Kier molecular flexibility index (Phi) is 10.2. The lowest BCUT2D eigenvalue weighted by molar-refractivity contribution is -0.142. The van der Waals surface area contributed by atoms with Crippen LogP contribution < -0.4 is 25.7 Å². The maximum atomic E-state index is 14.9. The molecule has 9 atom stereocenters. The maximum Gasteiger partial charge on any atom is 0.408 e. The molecular weight excluding hydrogens is 753 g/mol. The fraction of sp³-hybridized carbons (Fsp3) is 0.659. The summed E-state index contributed by atoms with van der Waals surface area (Å²) in [5.41, 5.74) is -1.82. The Morgan fingerprint density at radius 1 is 1.00 bits per heavy atom. The Balaban J connectivity index is 1.12. The third kappa shape index (κ3) is 7.65. The van der Waals surface area contributed by atoms with Crippen LogP contribution in [-0.4, -0.2) is 88.0 Å². The van der Waals surface area contributed by atoms with E-state index in [9.17, 15) is 32.4 Å². The van der Waals surface area contributed by atoms with Crippen LogP contribution in [0.15, 0.2) is 41.2 Å². The lowest BCUT2D eigenvalue weighted by Crippen LogP contribution is -2.59. The van der Waals surface area contributed by atoms with E-state index >= 15 is 0 Å². The smallest absolute Gasteiger partial charge is 0.408 e. The molecule has 1 aromatic heterocycles. The second-order valence-corrected chi connectivity index (χ2v) is 20.0. The summed E-state index contributed by atoms with van der Waals surface area (Å²) in [5.74, 6) is -1.24. The number of amides is 4. The van der Waals surface area contributed by atoms with E-state index in [-0.39, 0.29) is 55.3 Å². The van der Waals surface area contributed by atoms with Crippen molar-refractivity contribution in [2.45, 2.75) is 133 Å². The van der Waals surface area contributed by atoms with Crippen LogP contribution in [0.5, 0.6) is 5.88 Å². The summed E-state index contributed by atoms with van der Waals surface area (Å²) >= 11 is 0. The van der Waals surface area contributed by atoms with E-state index in [0.29, 0.717) is 48.3 Å². The van der Waals surface area contributed by atoms with Crippen LogP contribution in [0.3, 0.4) is 0 Å². The van der Waals surface area contributed by atoms with Crippen molar-refractivity contribution in [2.75, 3.05) is 6.54 Å². The highest BCUT2D eigenvalue weighted by molar-refractivity contribution is 7.91. The Bertz CT molecular complexity index is 2160. The highest BCUT2D eigenvalue weighted by Crippen LogP contribution is 2.52. The minimum atomic E-state index is -4.01. The van der Waals surface area contributed by atoms with Crippen molar-refractivity contribution in [1.29, 1.82) is 0 Å². The molecule has 4 saturated carbocycles. The summed E-state index contributed by atoms with van der Waals surface area (Å²) < 4.78 is 41.3. The summed E-state index contributed by atoms with van der Waals surface area (Å²) in [6, 6.07) is 4.74. The van der Waals surface area contributed by atoms with Crippen LogP contribution >= 0.6 is 0 Å². The molecule has 6 aliphatic rings. The fourth-order valence-electron chi connectivity index (χ4n) is 9.33. The predicted octanol–water partition coefficient (Wildman–Crippen LogP) is 3.54. The van der Waals surface area contributed by atoms with Gasteiger partial charge in [0.05, 0.1) is 22.1 Å². The summed E-state index contributed by atoms with van der Waals surface area (Å²) in [5, 5.41) is 11.2. The third-order valence-electron chi connectivity index (χ3n) is 13.4. The fourth-order valence-corrected chi connectivity index (χ4v) is 10.6. The van der Waals surface area contributed by atoms with E-state index < -0.39 is 68.2 Å². The van der Waals surface area contributed by atoms with Crippen LogP contribution in [0.25, 0.3) is 10.8 Å². The molecule has 9 unspecified atom stereocenters. The molecule has 57 heavy (non-hydrogen) atoms. The Morgan fingerprint density at radius 3 is 2.42 bits per heavy atom. The maximum absolute atomic E-state index is 14.9. The number of benzene rings is 1. The number of nitrogens with zero attached hydrogens (tertiary/aromatic N) is 3. The molecule has 2 aromatic rings. The molecule has 1 aromatic carbocycles. The highest BCUT2D eigenvalue weighted by atomic mass is 32.2. The predicted molar refractivity (Wildman–Crippen MR) is 209 cm³/mol. The molecule has 4 aliphatic carbocycles. The van der Waals surface area contributed by atoms with Crippen molar-refractivity contribution >= 4 is 44.6 Å². The van der Waals surface area contributed by atoms with Gasteiger partial charge in [-0.25, -0.2) is 17.9 Å². The van der Waals surface area contributed by atoms with Crippen molar-refractivity contribution in [3.05, 3.63) is 46.8 Å². The Morgan fingerprint density at radius 2 is 1.72 bits per heavy atom.